The summed E-state index contributed by atoms with van der Waals surface area (Å²) >= 11 is 0. The third kappa shape index (κ3) is 4.13. The number of hydrogen-bond acceptors (Lipinski definition) is 6. The lowest BCUT2D eigenvalue weighted by atomic mass is 9.98. The van der Waals surface area contributed by atoms with Gasteiger partial charge < -0.3 is 5.32 Å². The van der Waals surface area contributed by atoms with Gasteiger partial charge in [0, 0.05) is 48.8 Å². The Morgan fingerprint density at radius 3 is 2.47 bits per heavy atom. The molecule has 1 aliphatic carbocycles. The highest BCUT2D eigenvalue weighted by molar-refractivity contribution is 7.90. The Balaban J connectivity index is 1.43. The van der Waals surface area contributed by atoms with Crippen LogP contribution in [0.3, 0.4) is 0 Å². The fourth-order valence-electron chi connectivity index (χ4n) is 3.95. The highest BCUT2D eigenvalue weighted by Gasteiger charge is 2.50. The number of sulfonamides is 1. The Labute approximate surface area is 172 Å². The van der Waals surface area contributed by atoms with Crippen molar-refractivity contribution in [3.8, 4) is 11.4 Å². The van der Waals surface area contributed by atoms with E-state index >= 15 is 0 Å². The van der Waals surface area contributed by atoms with Crippen molar-refractivity contribution in [2.75, 3.05) is 25.0 Å². The average Bonchev–Trinajstić information content (AvgIpc) is 3.21. The van der Waals surface area contributed by atoms with Crippen molar-refractivity contribution in [3.63, 3.8) is 0 Å². The second-order valence-electron chi connectivity index (χ2n) is 7.58. The van der Waals surface area contributed by atoms with Crippen molar-refractivity contribution in [1.29, 1.82) is 0 Å². The molecule has 3 heterocycles. The molecule has 11 heteroatoms. The minimum Gasteiger partial charge on any atom is -0.369 e. The smallest absolute Gasteiger partial charge is 0.369 e. The van der Waals surface area contributed by atoms with E-state index in [0.717, 1.165) is 41.9 Å². The Morgan fingerprint density at radius 2 is 1.80 bits per heavy atom. The first-order valence-corrected chi connectivity index (χ1v) is 11.3. The van der Waals surface area contributed by atoms with Crippen LogP contribution in [0.5, 0.6) is 0 Å². The van der Waals surface area contributed by atoms with Gasteiger partial charge in [0.25, 0.3) is 0 Å². The Kier molecular flexibility index (Phi) is 5.67. The molecule has 30 heavy (non-hydrogen) atoms. The van der Waals surface area contributed by atoms with Crippen molar-refractivity contribution >= 4 is 15.8 Å². The van der Waals surface area contributed by atoms with Crippen LogP contribution in [0.2, 0.25) is 0 Å². The second-order valence-corrected chi connectivity index (χ2v) is 9.51. The van der Waals surface area contributed by atoms with Crippen LogP contribution in [0.4, 0.5) is 19.0 Å². The molecule has 0 bridgehead atoms. The molecule has 162 valence electrons. The molecule has 2 aromatic rings. The van der Waals surface area contributed by atoms with E-state index in [2.05, 4.69) is 20.3 Å². The molecule has 1 fully saturated rings. The van der Waals surface area contributed by atoms with E-state index in [9.17, 15) is 21.6 Å². The van der Waals surface area contributed by atoms with E-state index < -0.39 is 15.5 Å². The zero-order valence-corrected chi connectivity index (χ0v) is 17.0. The Hall–Kier alpha value is -2.27. The van der Waals surface area contributed by atoms with Crippen LogP contribution in [-0.4, -0.2) is 52.8 Å². The summed E-state index contributed by atoms with van der Waals surface area (Å²) in [6.45, 7) is 0.274. The maximum Gasteiger partial charge on any atom is 0.511 e. The predicted molar refractivity (Wildman–Crippen MR) is 105 cm³/mol. The summed E-state index contributed by atoms with van der Waals surface area (Å²) in [5.41, 5.74) is -2.27. The van der Waals surface area contributed by atoms with Crippen LogP contribution < -0.4 is 5.32 Å². The first-order valence-electron chi connectivity index (χ1n) is 9.86. The number of nitrogens with zero attached hydrogens (tertiary/aromatic N) is 4. The van der Waals surface area contributed by atoms with E-state index in [4.69, 9.17) is 0 Å². The van der Waals surface area contributed by atoms with Crippen LogP contribution in [-0.2, 0) is 22.9 Å². The van der Waals surface area contributed by atoms with Crippen LogP contribution in [0, 0.1) is 5.92 Å². The lowest BCUT2D eigenvalue weighted by Crippen LogP contribution is -2.45. The molecule has 0 unspecified atom stereocenters. The topological polar surface area (TPSA) is 88.1 Å². The Morgan fingerprint density at radius 1 is 1.10 bits per heavy atom. The van der Waals surface area contributed by atoms with Gasteiger partial charge in [0.2, 0.25) is 0 Å². The molecule has 2 aromatic heterocycles. The van der Waals surface area contributed by atoms with E-state index in [1.807, 2.05) is 12.1 Å². The molecule has 1 aliphatic heterocycles. The van der Waals surface area contributed by atoms with E-state index in [1.165, 1.54) is 0 Å². The van der Waals surface area contributed by atoms with Gasteiger partial charge in [-0.05, 0) is 50.2 Å². The first-order chi connectivity index (χ1) is 14.3. The number of piperidine rings is 1. The van der Waals surface area contributed by atoms with Crippen molar-refractivity contribution in [2.24, 2.45) is 5.92 Å². The lowest BCUT2D eigenvalue weighted by Gasteiger charge is -2.31. The zero-order valence-electron chi connectivity index (χ0n) is 16.2. The number of fused-ring (bicyclic) bond motifs is 1. The first kappa shape index (κ1) is 21.0. The quantitative estimate of drug-likeness (QED) is 0.768. The third-order valence-electron chi connectivity index (χ3n) is 5.64. The molecule has 0 aromatic carbocycles. The average molecular weight is 441 g/mol. The number of alkyl halides is 3. The molecule has 1 N–H and O–H groups in total. The number of aryl methyl sites for hydroxylation is 1. The summed E-state index contributed by atoms with van der Waals surface area (Å²) in [7, 11) is -5.25. The largest absolute Gasteiger partial charge is 0.511 e. The number of aromatic nitrogens is 3. The van der Waals surface area contributed by atoms with Crippen molar-refractivity contribution in [1.82, 2.24) is 19.3 Å². The molecular weight excluding hydrogens is 419 g/mol. The standard InChI is InChI=1S/C19H22F3N5O2S/c20-19(21,22)30(28,29)27-10-6-13(7-11-27)12-24-18-15-2-1-3-16(15)25-17(26-18)14-4-8-23-9-5-14/h4-5,8-9,13H,1-3,6-7,10-12H2,(H,24,25,26). The van der Waals surface area contributed by atoms with Gasteiger partial charge in [-0.15, -0.1) is 0 Å². The van der Waals surface area contributed by atoms with Crippen LogP contribution >= 0.6 is 0 Å². The van der Waals surface area contributed by atoms with Gasteiger partial charge >= 0.3 is 15.5 Å². The van der Waals surface area contributed by atoms with Gasteiger partial charge in [-0.3, -0.25) is 4.98 Å². The summed E-state index contributed by atoms with van der Waals surface area (Å²) in [5.74, 6) is 1.45. The van der Waals surface area contributed by atoms with Crippen molar-refractivity contribution < 1.29 is 21.6 Å². The number of rotatable bonds is 5. The third-order valence-corrected chi connectivity index (χ3v) is 7.27. The van der Waals surface area contributed by atoms with Gasteiger partial charge in [-0.2, -0.15) is 17.5 Å². The zero-order chi connectivity index (χ0) is 21.4. The summed E-state index contributed by atoms with van der Waals surface area (Å²) in [6, 6.07) is 3.69. The maximum absolute atomic E-state index is 12.7. The number of nitrogens with one attached hydrogen (secondary N) is 1. The van der Waals surface area contributed by atoms with Gasteiger partial charge in [0.15, 0.2) is 5.82 Å². The number of hydrogen-bond donors (Lipinski definition) is 1. The van der Waals surface area contributed by atoms with Crippen LogP contribution in [0.25, 0.3) is 11.4 Å². The molecule has 1 saturated heterocycles. The molecule has 2 aliphatic rings. The Bertz CT molecular complexity index is 1010. The van der Waals surface area contributed by atoms with E-state index in [-0.39, 0.29) is 19.0 Å². The number of anilines is 1. The summed E-state index contributed by atoms with van der Waals surface area (Å²) in [4.78, 5) is 13.4. The molecule has 0 radical (unpaired) electrons. The fourth-order valence-corrected chi connectivity index (χ4v) is 4.93. The molecule has 0 saturated carbocycles. The lowest BCUT2D eigenvalue weighted by molar-refractivity contribution is -0.0496. The van der Waals surface area contributed by atoms with E-state index in [1.54, 1.807) is 12.4 Å². The van der Waals surface area contributed by atoms with Crippen molar-refractivity contribution in [2.45, 2.75) is 37.6 Å². The minimum absolute atomic E-state index is 0.0704. The summed E-state index contributed by atoms with van der Waals surface area (Å²) in [5, 5.41) is 3.35. The van der Waals surface area contributed by atoms with Gasteiger partial charge in [0.1, 0.15) is 5.82 Å². The summed E-state index contributed by atoms with van der Waals surface area (Å²) < 4.78 is 61.8. The highest BCUT2D eigenvalue weighted by Crippen LogP contribution is 2.32. The van der Waals surface area contributed by atoms with E-state index in [0.29, 0.717) is 29.5 Å². The van der Waals surface area contributed by atoms with Gasteiger partial charge in [0.05, 0.1) is 0 Å². The second kappa shape index (κ2) is 8.10. The van der Waals surface area contributed by atoms with Gasteiger partial charge in [-0.25, -0.2) is 18.4 Å². The van der Waals surface area contributed by atoms with Crippen LogP contribution in [0.15, 0.2) is 24.5 Å². The predicted octanol–water partition coefficient (Wildman–Crippen LogP) is 3.00. The maximum atomic E-state index is 12.7. The number of pyridine rings is 1. The molecule has 0 atom stereocenters. The van der Waals surface area contributed by atoms with Crippen molar-refractivity contribution in [3.05, 3.63) is 35.8 Å². The van der Waals surface area contributed by atoms with Crippen LogP contribution in [0.1, 0.15) is 30.5 Å². The minimum atomic E-state index is -5.25. The molecule has 0 spiro atoms. The SMILES string of the molecule is O=S(=O)(N1CCC(CNc2nc(-c3ccncc3)nc3c2CCC3)CC1)C(F)(F)F. The molecule has 0 amide bonds. The fraction of sp³-hybridized carbons (Fsp3) is 0.526. The van der Waals surface area contributed by atoms with Gasteiger partial charge in [-0.1, -0.05) is 0 Å². The molecular formula is C19H22F3N5O2S. The normalized spacial score (nSPS) is 18.4. The number of halogens is 3. The summed E-state index contributed by atoms with van der Waals surface area (Å²) in [6.07, 6.45) is 6.88. The molecule has 7 nitrogen and oxygen atoms in total. The highest BCUT2D eigenvalue weighted by atomic mass is 32.2. The molecule has 4 rings (SSSR count). The monoisotopic (exact) mass is 441 g/mol.